The van der Waals surface area contributed by atoms with Gasteiger partial charge < -0.3 is 4.74 Å². The van der Waals surface area contributed by atoms with Gasteiger partial charge in [-0.05, 0) is 37.6 Å². The Morgan fingerprint density at radius 3 is 2.90 bits per heavy atom. The lowest BCUT2D eigenvalue weighted by atomic mass is 10.3. The first-order valence-electron chi connectivity index (χ1n) is 6.69. The van der Waals surface area contributed by atoms with Gasteiger partial charge in [-0.2, -0.15) is 4.31 Å². The van der Waals surface area contributed by atoms with Gasteiger partial charge in [0.15, 0.2) is 0 Å². The van der Waals surface area contributed by atoms with Gasteiger partial charge >= 0.3 is 0 Å². The maximum atomic E-state index is 12.5. The van der Waals surface area contributed by atoms with Crippen LogP contribution in [0.5, 0.6) is 5.75 Å². The minimum absolute atomic E-state index is 0.120. The lowest BCUT2D eigenvalue weighted by molar-refractivity contribution is 0.215. The summed E-state index contributed by atoms with van der Waals surface area (Å²) in [4.78, 5) is 4.99. The molecule has 1 saturated heterocycles. The van der Waals surface area contributed by atoms with E-state index >= 15 is 0 Å². The van der Waals surface area contributed by atoms with E-state index in [2.05, 4.69) is 4.98 Å². The first-order chi connectivity index (χ1) is 10.1. The maximum Gasteiger partial charge on any atom is 0.252 e. The van der Waals surface area contributed by atoms with Crippen LogP contribution in [-0.2, 0) is 10.0 Å². The predicted molar refractivity (Wildman–Crippen MR) is 81.1 cm³/mol. The number of pyridine rings is 1. The van der Waals surface area contributed by atoms with Crippen LogP contribution in [0.15, 0.2) is 40.9 Å². The van der Waals surface area contributed by atoms with Gasteiger partial charge in [0.25, 0.3) is 10.0 Å². The van der Waals surface area contributed by atoms with Crippen LogP contribution >= 0.6 is 11.3 Å². The quantitative estimate of drug-likeness (QED) is 0.866. The summed E-state index contributed by atoms with van der Waals surface area (Å²) < 4.78 is 32.7. The van der Waals surface area contributed by atoms with E-state index < -0.39 is 10.0 Å². The molecule has 1 aliphatic rings. The van der Waals surface area contributed by atoms with E-state index in [9.17, 15) is 8.42 Å². The molecule has 21 heavy (non-hydrogen) atoms. The summed E-state index contributed by atoms with van der Waals surface area (Å²) in [5.41, 5.74) is 0. The standard InChI is InChI=1S/C14H16N2O3S2/c1-11-4-5-14(20-11)21(17,18)16-8-6-13(10-16)19-12-3-2-7-15-9-12/h2-5,7,9,13H,6,8,10H2,1H3/t13-/m1/s1. The van der Waals surface area contributed by atoms with E-state index in [1.807, 2.05) is 19.1 Å². The monoisotopic (exact) mass is 324 g/mol. The highest BCUT2D eigenvalue weighted by Crippen LogP contribution is 2.28. The van der Waals surface area contributed by atoms with Gasteiger partial charge in [-0.3, -0.25) is 4.98 Å². The molecule has 0 unspecified atom stereocenters. The largest absolute Gasteiger partial charge is 0.487 e. The highest BCUT2D eigenvalue weighted by Gasteiger charge is 2.34. The van der Waals surface area contributed by atoms with E-state index in [-0.39, 0.29) is 6.10 Å². The summed E-state index contributed by atoms with van der Waals surface area (Å²) in [6.45, 7) is 2.78. The number of aromatic nitrogens is 1. The number of hydrogen-bond donors (Lipinski definition) is 0. The SMILES string of the molecule is Cc1ccc(S(=O)(=O)N2CC[C@@H](Oc3cccnc3)C2)s1. The number of ether oxygens (including phenoxy) is 1. The number of nitrogens with zero attached hydrogens (tertiary/aromatic N) is 2. The minimum Gasteiger partial charge on any atom is -0.487 e. The molecule has 0 saturated carbocycles. The fourth-order valence-corrected chi connectivity index (χ4v) is 5.22. The molecular weight excluding hydrogens is 308 g/mol. The topological polar surface area (TPSA) is 59.5 Å². The molecule has 3 rings (SSSR count). The van der Waals surface area contributed by atoms with Gasteiger partial charge in [-0.25, -0.2) is 8.42 Å². The van der Waals surface area contributed by atoms with Crippen molar-refractivity contribution in [3.63, 3.8) is 0 Å². The number of sulfonamides is 1. The highest BCUT2D eigenvalue weighted by atomic mass is 32.2. The smallest absolute Gasteiger partial charge is 0.252 e. The molecule has 0 N–H and O–H groups in total. The summed E-state index contributed by atoms with van der Waals surface area (Å²) in [6.07, 6.45) is 3.89. The Hall–Kier alpha value is -1.44. The van der Waals surface area contributed by atoms with Crippen molar-refractivity contribution < 1.29 is 13.2 Å². The number of thiophene rings is 1. The maximum absolute atomic E-state index is 12.5. The summed E-state index contributed by atoms with van der Waals surface area (Å²) in [5, 5.41) is 0. The molecule has 2 aromatic rings. The van der Waals surface area contributed by atoms with E-state index in [0.29, 0.717) is 29.5 Å². The van der Waals surface area contributed by atoms with Crippen LogP contribution < -0.4 is 4.74 Å². The number of rotatable bonds is 4. The molecule has 3 heterocycles. The van der Waals surface area contributed by atoms with Crippen molar-refractivity contribution in [3.05, 3.63) is 41.5 Å². The summed E-state index contributed by atoms with van der Waals surface area (Å²) in [5.74, 6) is 0.675. The molecule has 0 aromatic carbocycles. The third kappa shape index (κ3) is 3.09. The van der Waals surface area contributed by atoms with Crippen molar-refractivity contribution in [1.82, 2.24) is 9.29 Å². The second kappa shape index (κ2) is 5.75. The predicted octanol–water partition coefficient (Wildman–Crippen LogP) is 2.29. The van der Waals surface area contributed by atoms with Gasteiger partial charge in [0.05, 0.1) is 12.7 Å². The molecule has 1 atom stereocenters. The molecule has 5 nitrogen and oxygen atoms in total. The van der Waals surface area contributed by atoms with Crippen LogP contribution in [0, 0.1) is 6.92 Å². The van der Waals surface area contributed by atoms with Gasteiger partial charge in [-0.15, -0.1) is 11.3 Å². The van der Waals surface area contributed by atoms with E-state index in [4.69, 9.17) is 4.74 Å². The van der Waals surface area contributed by atoms with E-state index in [1.54, 1.807) is 24.5 Å². The van der Waals surface area contributed by atoms with Crippen LogP contribution in [0.1, 0.15) is 11.3 Å². The fourth-order valence-electron chi connectivity index (χ4n) is 2.30. The molecule has 2 aromatic heterocycles. The summed E-state index contributed by atoms with van der Waals surface area (Å²) >= 11 is 1.31. The van der Waals surface area contributed by atoms with E-state index in [1.165, 1.54) is 15.6 Å². The van der Waals surface area contributed by atoms with Crippen molar-refractivity contribution in [2.24, 2.45) is 0 Å². The molecule has 0 bridgehead atoms. The number of aryl methyl sites for hydroxylation is 1. The zero-order valence-corrected chi connectivity index (χ0v) is 13.2. The molecule has 7 heteroatoms. The first-order valence-corrected chi connectivity index (χ1v) is 8.94. The normalized spacial score (nSPS) is 19.8. The molecule has 0 radical (unpaired) electrons. The van der Waals surface area contributed by atoms with Crippen LogP contribution in [0.3, 0.4) is 0 Å². The van der Waals surface area contributed by atoms with E-state index in [0.717, 1.165) is 4.88 Å². The number of hydrogen-bond acceptors (Lipinski definition) is 5. The second-order valence-electron chi connectivity index (χ2n) is 4.95. The minimum atomic E-state index is -3.39. The van der Waals surface area contributed by atoms with Gasteiger partial charge in [0, 0.05) is 17.6 Å². The Morgan fingerprint density at radius 2 is 2.24 bits per heavy atom. The van der Waals surface area contributed by atoms with Crippen LogP contribution in [0.2, 0.25) is 0 Å². The summed E-state index contributed by atoms with van der Waals surface area (Å²) in [7, 11) is -3.39. The van der Waals surface area contributed by atoms with Crippen molar-refractivity contribution in [2.75, 3.05) is 13.1 Å². The van der Waals surface area contributed by atoms with Crippen LogP contribution in [0.4, 0.5) is 0 Å². The van der Waals surface area contributed by atoms with Crippen molar-refractivity contribution in [1.29, 1.82) is 0 Å². The lowest BCUT2D eigenvalue weighted by Gasteiger charge is -2.16. The first kappa shape index (κ1) is 14.5. The molecule has 0 aliphatic carbocycles. The molecule has 0 spiro atoms. The van der Waals surface area contributed by atoms with Gasteiger partial charge in [0.2, 0.25) is 0 Å². The Kier molecular flexibility index (Phi) is 3.97. The Balaban J connectivity index is 1.69. The second-order valence-corrected chi connectivity index (χ2v) is 8.40. The summed E-state index contributed by atoms with van der Waals surface area (Å²) in [6, 6.07) is 7.13. The fraction of sp³-hybridized carbons (Fsp3) is 0.357. The molecular formula is C14H16N2O3S2. The van der Waals surface area contributed by atoms with Gasteiger partial charge in [0.1, 0.15) is 16.1 Å². The Labute approximate surface area is 128 Å². The third-order valence-corrected chi connectivity index (χ3v) is 6.69. The molecule has 112 valence electrons. The van der Waals surface area contributed by atoms with Crippen molar-refractivity contribution >= 4 is 21.4 Å². The van der Waals surface area contributed by atoms with Crippen LogP contribution in [-0.4, -0.2) is 36.9 Å². The molecule has 1 aliphatic heterocycles. The van der Waals surface area contributed by atoms with Crippen molar-refractivity contribution in [3.8, 4) is 5.75 Å². The molecule has 0 amide bonds. The molecule has 1 fully saturated rings. The average molecular weight is 324 g/mol. The third-order valence-electron chi connectivity index (χ3n) is 3.35. The van der Waals surface area contributed by atoms with Crippen LogP contribution in [0.25, 0.3) is 0 Å². The average Bonchev–Trinajstić information content (AvgIpc) is 3.10. The van der Waals surface area contributed by atoms with Gasteiger partial charge in [-0.1, -0.05) is 0 Å². The zero-order chi connectivity index (χ0) is 14.9. The lowest BCUT2D eigenvalue weighted by Crippen LogP contribution is -2.30. The zero-order valence-electron chi connectivity index (χ0n) is 11.6. The Bertz CT molecular complexity index is 713. The van der Waals surface area contributed by atoms with Crippen molar-refractivity contribution in [2.45, 2.75) is 23.7 Å². The Morgan fingerprint density at radius 1 is 1.38 bits per heavy atom. The highest BCUT2D eigenvalue weighted by molar-refractivity contribution is 7.91.